The summed E-state index contributed by atoms with van der Waals surface area (Å²) in [5.74, 6) is 0.809. The van der Waals surface area contributed by atoms with Crippen LogP contribution in [-0.2, 0) is 28.1 Å². The van der Waals surface area contributed by atoms with Crippen LogP contribution in [0.3, 0.4) is 0 Å². The van der Waals surface area contributed by atoms with Gasteiger partial charge in [-0.25, -0.2) is 9.78 Å². The predicted molar refractivity (Wildman–Crippen MR) is 134 cm³/mol. The maximum Gasteiger partial charge on any atom is 0.361 e. The average Bonchev–Trinajstić information content (AvgIpc) is 3.33. The zero-order valence-electron chi connectivity index (χ0n) is 21.2. The van der Waals surface area contributed by atoms with Gasteiger partial charge in [0.25, 0.3) is 0 Å². The molecule has 4 rings (SSSR count). The SMILES string of the molecule is C[N+](C)(CC(=O)OCCc1ccccc1)Cc1cnc([C@](O)(c2ccccc2)C2CCCCC2)o1.[Br-]. The van der Waals surface area contributed by atoms with Crippen molar-refractivity contribution in [1.29, 1.82) is 0 Å². The van der Waals surface area contributed by atoms with Crippen LogP contribution in [0.15, 0.2) is 71.3 Å². The van der Waals surface area contributed by atoms with E-state index in [2.05, 4.69) is 4.98 Å². The van der Waals surface area contributed by atoms with Gasteiger partial charge in [-0.15, -0.1) is 0 Å². The summed E-state index contributed by atoms with van der Waals surface area (Å²) in [6, 6.07) is 19.7. The molecule has 2 aromatic carbocycles. The van der Waals surface area contributed by atoms with Crippen molar-refractivity contribution in [3.8, 4) is 0 Å². The lowest BCUT2D eigenvalue weighted by molar-refractivity contribution is -0.897. The van der Waals surface area contributed by atoms with E-state index in [1.54, 1.807) is 6.20 Å². The smallest absolute Gasteiger partial charge is 0.361 e. The Morgan fingerprint density at radius 3 is 2.36 bits per heavy atom. The summed E-state index contributed by atoms with van der Waals surface area (Å²) in [6.07, 6.45) is 7.68. The Morgan fingerprint density at radius 2 is 1.69 bits per heavy atom. The average molecular weight is 558 g/mol. The molecule has 1 aliphatic carbocycles. The van der Waals surface area contributed by atoms with Gasteiger partial charge in [0.1, 0.15) is 6.54 Å². The van der Waals surface area contributed by atoms with Crippen molar-refractivity contribution in [2.75, 3.05) is 27.2 Å². The van der Waals surface area contributed by atoms with Gasteiger partial charge in [-0.05, 0) is 24.0 Å². The van der Waals surface area contributed by atoms with E-state index >= 15 is 0 Å². The zero-order valence-corrected chi connectivity index (χ0v) is 22.8. The van der Waals surface area contributed by atoms with Crippen molar-refractivity contribution in [2.24, 2.45) is 5.92 Å². The number of benzene rings is 2. The molecule has 0 radical (unpaired) electrons. The van der Waals surface area contributed by atoms with E-state index in [1.165, 1.54) is 6.42 Å². The summed E-state index contributed by atoms with van der Waals surface area (Å²) in [5.41, 5.74) is 0.705. The number of carbonyl (C=O) groups excluding carboxylic acids is 1. The highest BCUT2D eigenvalue weighted by molar-refractivity contribution is 5.70. The number of ether oxygens (including phenoxy) is 1. The standard InChI is InChI=1S/C29H37N2O4.BrH/c1-31(2,22-27(32)34-19-18-23-12-6-3-7-13-23)21-26-20-30-28(35-26)29(33,24-14-8-4-9-15-24)25-16-10-5-11-17-25;/h3-4,6-9,12-15,20,25,33H,5,10-11,16-19,21-22H2,1-2H3;1H/q+1;/p-1/t29-;/m0./s1. The molecule has 1 N–H and O–H groups in total. The molecule has 0 saturated heterocycles. The largest absolute Gasteiger partial charge is 1.00 e. The number of carbonyl (C=O) groups is 1. The molecule has 1 aromatic heterocycles. The van der Waals surface area contributed by atoms with E-state index in [0.717, 1.165) is 36.8 Å². The van der Waals surface area contributed by atoms with E-state index < -0.39 is 5.60 Å². The fourth-order valence-electron chi connectivity index (χ4n) is 5.10. The lowest BCUT2D eigenvalue weighted by atomic mass is 9.73. The molecule has 0 aliphatic heterocycles. The Morgan fingerprint density at radius 1 is 1.06 bits per heavy atom. The molecule has 0 spiro atoms. The first kappa shape index (κ1) is 28.1. The number of quaternary nitrogens is 1. The Kier molecular flexibility index (Phi) is 9.88. The number of oxazole rings is 1. The second-order valence-electron chi connectivity index (χ2n) is 10.3. The van der Waals surface area contributed by atoms with Crippen LogP contribution in [0.25, 0.3) is 0 Å². The number of aromatic nitrogens is 1. The van der Waals surface area contributed by atoms with Gasteiger partial charge in [0.05, 0.1) is 26.9 Å². The molecule has 1 heterocycles. The Labute approximate surface area is 224 Å². The number of likely N-dealkylation sites (N-methyl/N-ethyl adjacent to an activating group) is 1. The van der Waals surface area contributed by atoms with Crippen LogP contribution in [0, 0.1) is 5.92 Å². The second kappa shape index (κ2) is 12.7. The monoisotopic (exact) mass is 556 g/mol. The van der Waals surface area contributed by atoms with Gasteiger partial charge in [0, 0.05) is 12.3 Å². The summed E-state index contributed by atoms with van der Waals surface area (Å²) < 4.78 is 12.0. The first-order chi connectivity index (χ1) is 16.9. The lowest BCUT2D eigenvalue weighted by Crippen LogP contribution is -3.00. The van der Waals surface area contributed by atoms with Crippen LogP contribution in [0.4, 0.5) is 0 Å². The van der Waals surface area contributed by atoms with Gasteiger partial charge in [0.2, 0.25) is 5.89 Å². The van der Waals surface area contributed by atoms with Gasteiger partial charge in [0.15, 0.2) is 17.9 Å². The number of hydrogen-bond acceptors (Lipinski definition) is 5. The normalized spacial score (nSPS) is 16.1. The summed E-state index contributed by atoms with van der Waals surface area (Å²) >= 11 is 0. The summed E-state index contributed by atoms with van der Waals surface area (Å²) in [6.45, 7) is 1.05. The highest BCUT2D eigenvalue weighted by atomic mass is 79.9. The topological polar surface area (TPSA) is 72.6 Å². The number of rotatable bonds is 10. The van der Waals surface area contributed by atoms with Gasteiger partial charge in [-0.1, -0.05) is 79.9 Å². The molecule has 1 aliphatic rings. The molecule has 0 bridgehead atoms. The van der Waals surface area contributed by atoms with Crippen molar-refractivity contribution in [1.82, 2.24) is 4.98 Å². The van der Waals surface area contributed by atoms with Gasteiger partial charge in [-0.2, -0.15) is 0 Å². The van der Waals surface area contributed by atoms with Crippen molar-refractivity contribution in [2.45, 2.75) is 50.7 Å². The molecule has 0 unspecified atom stereocenters. The van der Waals surface area contributed by atoms with E-state index in [4.69, 9.17) is 9.15 Å². The Balaban J connectivity index is 0.00000361. The van der Waals surface area contributed by atoms with E-state index in [0.29, 0.717) is 35.7 Å². The molecule has 36 heavy (non-hydrogen) atoms. The molecule has 194 valence electrons. The number of halogens is 1. The van der Waals surface area contributed by atoms with E-state index in [-0.39, 0.29) is 35.4 Å². The highest BCUT2D eigenvalue weighted by Gasteiger charge is 2.44. The Hall–Kier alpha value is -2.48. The Bertz CT molecular complexity index is 1080. The number of aliphatic hydroxyl groups is 1. The summed E-state index contributed by atoms with van der Waals surface area (Å²) in [7, 11) is 3.93. The third-order valence-corrected chi connectivity index (χ3v) is 6.93. The quantitative estimate of drug-likeness (QED) is 0.305. The molecule has 7 heteroatoms. The fraction of sp³-hybridized carbons (Fsp3) is 0.448. The lowest BCUT2D eigenvalue weighted by Gasteiger charge is -2.36. The van der Waals surface area contributed by atoms with Crippen molar-refractivity contribution < 1.29 is 40.5 Å². The minimum atomic E-state index is -1.26. The zero-order chi connectivity index (χ0) is 24.7. The van der Waals surface area contributed by atoms with E-state index in [9.17, 15) is 9.90 Å². The number of nitrogens with zero attached hydrogens (tertiary/aromatic N) is 2. The number of hydrogen-bond donors (Lipinski definition) is 1. The van der Waals surface area contributed by atoms with Crippen LogP contribution in [0.2, 0.25) is 0 Å². The molecule has 1 atom stereocenters. The van der Waals surface area contributed by atoms with Crippen molar-refractivity contribution >= 4 is 5.97 Å². The minimum absolute atomic E-state index is 0. The van der Waals surface area contributed by atoms with Gasteiger partial charge >= 0.3 is 5.97 Å². The molecular weight excluding hydrogens is 520 g/mol. The molecule has 1 saturated carbocycles. The summed E-state index contributed by atoms with van der Waals surface area (Å²) in [4.78, 5) is 17.0. The molecule has 3 aromatic rings. The first-order valence-corrected chi connectivity index (χ1v) is 12.6. The highest BCUT2D eigenvalue weighted by Crippen LogP contribution is 2.43. The maximum absolute atomic E-state index is 12.5. The molecule has 1 fully saturated rings. The second-order valence-corrected chi connectivity index (χ2v) is 10.3. The predicted octanol–water partition coefficient (Wildman–Crippen LogP) is 1.86. The van der Waals surface area contributed by atoms with Crippen LogP contribution in [0.5, 0.6) is 0 Å². The molecular formula is C29H37BrN2O4. The van der Waals surface area contributed by atoms with Gasteiger partial charge < -0.3 is 35.7 Å². The van der Waals surface area contributed by atoms with Crippen molar-refractivity contribution in [3.05, 3.63) is 89.6 Å². The van der Waals surface area contributed by atoms with Crippen LogP contribution in [-0.4, -0.2) is 47.8 Å². The first-order valence-electron chi connectivity index (χ1n) is 12.6. The number of esters is 1. The van der Waals surface area contributed by atoms with Gasteiger partial charge in [-0.3, -0.25) is 0 Å². The molecule has 0 amide bonds. The molecule has 6 nitrogen and oxygen atoms in total. The van der Waals surface area contributed by atoms with Crippen LogP contribution < -0.4 is 17.0 Å². The summed E-state index contributed by atoms with van der Waals surface area (Å²) in [5, 5.41) is 12.0. The van der Waals surface area contributed by atoms with Crippen LogP contribution in [0.1, 0.15) is 54.9 Å². The third-order valence-electron chi connectivity index (χ3n) is 6.93. The fourth-order valence-corrected chi connectivity index (χ4v) is 5.10. The maximum atomic E-state index is 12.5. The van der Waals surface area contributed by atoms with Crippen molar-refractivity contribution in [3.63, 3.8) is 0 Å². The van der Waals surface area contributed by atoms with E-state index in [1.807, 2.05) is 74.8 Å². The van der Waals surface area contributed by atoms with Crippen LogP contribution >= 0.6 is 0 Å². The third kappa shape index (κ3) is 7.05. The minimum Gasteiger partial charge on any atom is -1.00 e.